The molecule has 23 heavy (non-hydrogen) atoms. The highest BCUT2D eigenvalue weighted by atomic mass is 16.1. The Hall–Kier alpha value is -2.43. The van der Waals surface area contributed by atoms with E-state index in [1.54, 1.807) is 6.07 Å². The van der Waals surface area contributed by atoms with E-state index in [1.165, 1.54) is 31.2 Å². The summed E-state index contributed by atoms with van der Waals surface area (Å²) in [4.78, 5) is 23.0. The number of amides is 1. The number of aromatic nitrogens is 2. The summed E-state index contributed by atoms with van der Waals surface area (Å²) in [5.41, 5.74) is 2.71. The van der Waals surface area contributed by atoms with Crippen LogP contribution in [0, 0.1) is 6.92 Å². The molecule has 2 aromatic rings. The minimum atomic E-state index is -0.158. The Morgan fingerprint density at radius 3 is 2.74 bits per heavy atom. The maximum Gasteiger partial charge on any atom is 0.270 e. The van der Waals surface area contributed by atoms with Crippen LogP contribution in [0.4, 0.5) is 5.82 Å². The lowest BCUT2D eigenvalue weighted by atomic mass is 10.1. The van der Waals surface area contributed by atoms with Gasteiger partial charge in [-0.25, -0.2) is 9.97 Å². The van der Waals surface area contributed by atoms with Crippen LogP contribution in [0.15, 0.2) is 36.7 Å². The van der Waals surface area contributed by atoms with Crippen molar-refractivity contribution < 1.29 is 4.79 Å². The molecular weight excluding hydrogens is 288 g/mol. The molecule has 1 fully saturated rings. The number of benzene rings is 1. The number of nitrogens with one attached hydrogen (secondary N) is 1. The van der Waals surface area contributed by atoms with Crippen LogP contribution in [0.1, 0.15) is 40.9 Å². The molecule has 3 rings (SSSR count). The van der Waals surface area contributed by atoms with Gasteiger partial charge in [0.1, 0.15) is 17.8 Å². The third-order valence-electron chi connectivity index (χ3n) is 4.27. The molecule has 0 unspecified atom stereocenters. The zero-order valence-corrected chi connectivity index (χ0v) is 13.5. The van der Waals surface area contributed by atoms with Crippen molar-refractivity contribution in [3.05, 3.63) is 53.5 Å². The third-order valence-corrected chi connectivity index (χ3v) is 4.27. The number of carbonyl (C=O) groups excluding carboxylic acids is 1. The third kappa shape index (κ3) is 3.86. The molecule has 1 aromatic carbocycles. The fraction of sp³-hybridized carbons (Fsp3) is 0.389. The fourth-order valence-electron chi connectivity index (χ4n) is 2.84. The van der Waals surface area contributed by atoms with Gasteiger partial charge in [0.15, 0.2) is 0 Å². The molecule has 1 aromatic heterocycles. The Morgan fingerprint density at radius 2 is 1.96 bits per heavy atom. The van der Waals surface area contributed by atoms with Gasteiger partial charge in [0.2, 0.25) is 0 Å². The monoisotopic (exact) mass is 310 g/mol. The lowest BCUT2D eigenvalue weighted by molar-refractivity contribution is 0.0945. The maximum absolute atomic E-state index is 12.3. The molecule has 2 heterocycles. The molecule has 0 radical (unpaired) electrons. The van der Waals surface area contributed by atoms with Gasteiger partial charge in [-0.2, -0.15) is 0 Å². The van der Waals surface area contributed by atoms with Crippen molar-refractivity contribution in [2.24, 2.45) is 0 Å². The van der Waals surface area contributed by atoms with Crippen molar-refractivity contribution in [3.63, 3.8) is 0 Å². The summed E-state index contributed by atoms with van der Waals surface area (Å²) in [6.45, 7) is 4.55. The number of hydrogen-bond acceptors (Lipinski definition) is 4. The molecule has 1 aliphatic rings. The number of nitrogens with zero attached hydrogens (tertiary/aromatic N) is 3. The zero-order chi connectivity index (χ0) is 16.1. The molecule has 5 nitrogen and oxygen atoms in total. The summed E-state index contributed by atoms with van der Waals surface area (Å²) >= 11 is 0. The highest BCUT2D eigenvalue weighted by molar-refractivity contribution is 5.92. The fourth-order valence-corrected chi connectivity index (χ4v) is 2.84. The summed E-state index contributed by atoms with van der Waals surface area (Å²) in [6, 6.07) is 9.83. The predicted octanol–water partition coefficient (Wildman–Crippen LogP) is 2.71. The van der Waals surface area contributed by atoms with Crippen LogP contribution >= 0.6 is 0 Å². The van der Waals surface area contributed by atoms with E-state index in [2.05, 4.69) is 20.2 Å². The van der Waals surface area contributed by atoms with Crippen LogP contribution in [-0.2, 0) is 6.54 Å². The van der Waals surface area contributed by atoms with Gasteiger partial charge in [0.25, 0.3) is 5.91 Å². The van der Waals surface area contributed by atoms with E-state index < -0.39 is 0 Å². The summed E-state index contributed by atoms with van der Waals surface area (Å²) in [6.07, 6.45) is 5.11. The first-order valence-electron chi connectivity index (χ1n) is 8.14. The van der Waals surface area contributed by atoms with Crippen molar-refractivity contribution in [2.45, 2.75) is 32.7 Å². The second-order valence-corrected chi connectivity index (χ2v) is 5.92. The second kappa shape index (κ2) is 7.22. The highest BCUT2D eigenvalue weighted by Crippen LogP contribution is 2.17. The van der Waals surface area contributed by atoms with E-state index in [0.29, 0.717) is 12.2 Å². The van der Waals surface area contributed by atoms with Crippen molar-refractivity contribution in [3.8, 4) is 0 Å². The molecule has 0 atom stereocenters. The molecule has 0 bridgehead atoms. The Kier molecular flexibility index (Phi) is 4.86. The first-order chi connectivity index (χ1) is 11.2. The maximum atomic E-state index is 12.3. The van der Waals surface area contributed by atoms with E-state index >= 15 is 0 Å². The van der Waals surface area contributed by atoms with E-state index in [9.17, 15) is 4.79 Å². The smallest absolute Gasteiger partial charge is 0.270 e. The number of piperidine rings is 1. The van der Waals surface area contributed by atoms with Gasteiger partial charge in [0.05, 0.1) is 0 Å². The van der Waals surface area contributed by atoms with Gasteiger partial charge in [-0.1, -0.05) is 24.3 Å². The zero-order valence-electron chi connectivity index (χ0n) is 13.5. The minimum absolute atomic E-state index is 0.158. The lowest BCUT2D eigenvalue weighted by Crippen LogP contribution is -2.31. The van der Waals surface area contributed by atoms with Crippen LogP contribution in [0.25, 0.3) is 0 Å². The van der Waals surface area contributed by atoms with Crippen molar-refractivity contribution in [2.75, 3.05) is 18.0 Å². The van der Waals surface area contributed by atoms with Crippen LogP contribution in [0.2, 0.25) is 0 Å². The van der Waals surface area contributed by atoms with Crippen molar-refractivity contribution in [1.82, 2.24) is 15.3 Å². The highest BCUT2D eigenvalue weighted by Gasteiger charge is 2.15. The molecule has 1 aliphatic heterocycles. The molecule has 1 amide bonds. The van der Waals surface area contributed by atoms with E-state index in [1.807, 2.05) is 31.2 Å². The molecule has 1 N–H and O–H groups in total. The molecule has 5 heteroatoms. The van der Waals surface area contributed by atoms with Crippen LogP contribution in [0.5, 0.6) is 0 Å². The normalized spacial score (nSPS) is 14.6. The van der Waals surface area contributed by atoms with Gasteiger partial charge in [0, 0.05) is 25.7 Å². The second-order valence-electron chi connectivity index (χ2n) is 5.92. The summed E-state index contributed by atoms with van der Waals surface area (Å²) in [7, 11) is 0. The van der Waals surface area contributed by atoms with Gasteiger partial charge in [-0.15, -0.1) is 0 Å². The molecule has 0 aliphatic carbocycles. The van der Waals surface area contributed by atoms with Gasteiger partial charge in [-0.3, -0.25) is 4.79 Å². The van der Waals surface area contributed by atoms with Gasteiger partial charge >= 0.3 is 0 Å². The Labute approximate surface area is 136 Å². The standard InChI is InChI=1S/C18H22N4O/c1-14-7-3-4-8-15(14)12-19-18(23)16-11-17(21-13-20-16)22-9-5-2-6-10-22/h3-4,7-8,11,13H,2,5-6,9-10,12H2,1H3,(H,19,23). The number of carbonyl (C=O) groups is 1. The van der Waals surface area contributed by atoms with Crippen molar-refractivity contribution >= 4 is 11.7 Å². The van der Waals surface area contributed by atoms with Crippen LogP contribution < -0.4 is 10.2 Å². The number of rotatable bonds is 4. The summed E-state index contributed by atoms with van der Waals surface area (Å²) < 4.78 is 0. The molecular formula is C18H22N4O. The molecule has 0 spiro atoms. The minimum Gasteiger partial charge on any atom is -0.357 e. The Morgan fingerprint density at radius 1 is 1.17 bits per heavy atom. The Bertz CT molecular complexity index is 680. The first kappa shape index (κ1) is 15.5. The van der Waals surface area contributed by atoms with E-state index in [-0.39, 0.29) is 5.91 Å². The average molecular weight is 310 g/mol. The quantitative estimate of drug-likeness (QED) is 0.943. The lowest BCUT2D eigenvalue weighted by Gasteiger charge is -2.27. The molecule has 0 saturated carbocycles. The largest absolute Gasteiger partial charge is 0.357 e. The van der Waals surface area contributed by atoms with E-state index in [4.69, 9.17) is 0 Å². The van der Waals surface area contributed by atoms with Crippen LogP contribution in [-0.4, -0.2) is 29.0 Å². The van der Waals surface area contributed by atoms with Gasteiger partial charge < -0.3 is 10.2 Å². The topological polar surface area (TPSA) is 58.1 Å². The average Bonchev–Trinajstić information content (AvgIpc) is 2.62. The summed E-state index contributed by atoms with van der Waals surface area (Å²) in [5.74, 6) is 0.689. The van der Waals surface area contributed by atoms with Gasteiger partial charge in [-0.05, 0) is 37.3 Å². The van der Waals surface area contributed by atoms with Crippen molar-refractivity contribution in [1.29, 1.82) is 0 Å². The van der Waals surface area contributed by atoms with Crippen LogP contribution in [0.3, 0.4) is 0 Å². The number of aryl methyl sites for hydroxylation is 1. The first-order valence-corrected chi connectivity index (χ1v) is 8.14. The molecule has 120 valence electrons. The Balaban J connectivity index is 1.66. The predicted molar refractivity (Wildman–Crippen MR) is 90.4 cm³/mol. The van der Waals surface area contributed by atoms with E-state index in [0.717, 1.165) is 24.5 Å². The number of anilines is 1. The SMILES string of the molecule is Cc1ccccc1CNC(=O)c1cc(N2CCCCC2)ncn1. The number of hydrogen-bond donors (Lipinski definition) is 1. The molecule has 1 saturated heterocycles. The summed E-state index contributed by atoms with van der Waals surface area (Å²) in [5, 5.41) is 2.94.